The fourth-order valence-electron chi connectivity index (χ4n) is 3.63. The Morgan fingerprint density at radius 2 is 1.68 bits per heavy atom. The van der Waals surface area contributed by atoms with Crippen LogP contribution in [0.4, 0.5) is 0 Å². The standard InChI is InChI=1S/C18H27N3O3S/c1-15(18(22)19-16-7-5-6-8-16)20-11-13-21(14-12-20)25(23,24)17-9-3-2-4-10-17/h2-4,9-10,15-16H,5-8,11-14H2,1H3,(H,19,22). The molecular weight excluding hydrogens is 338 g/mol. The maximum atomic E-state index is 12.7. The summed E-state index contributed by atoms with van der Waals surface area (Å²) in [6.45, 7) is 3.89. The number of hydrogen-bond acceptors (Lipinski definition) is 4. The van der Waals surface area contributed by atoms with Gasteiger partial charge in [-0.2, -0.15) is 4.31 Å². The van der Waals surface area contributed by atoms with Crippen molar-refractivity contribution >= 4 is 15.9 Å². The molecule has 1 heterocycles. The number of sulfonamides is 1. The molecule has 1 N–H and O–H groups in total. The van der Waals surface area contributed by atoms with Crippen molar-refractivity contribution in [1.29, 1.82) is 0 Å². The molecule has 3 rings (SSSR count). The summed E-state index contributed by atoms with van der Waals surface area (Å²) in [4.78, 5) is 14.8. The van der Waals surface area contributed by atoms with Crippen molar-refractivity contribution in [3.8, 4) is 0 Å². The maximum Gasteiger partial charge on any atom is 0.243 e. The van der Waals surface area contributed by atoms with Gasteiger partial charge in [0.1, 0.15) is 0 Å². The Morgan fingerprint density at radius 1 is 1.08 bits per heavy atom. The molecule has 6 nitrogen and oxygen atoms in total. The van der Waals surface area contributed by atoms with Crippen molar-refractivity contribution in [2.75, 3.05) is 26.2 Å². The Hall–Kier alpha value is -1.44. The van der Waals surface area contributed by atoms with E-state index < -0.39 is 10.0 Å². The van der Waals surface area contributed by atoms with Crippen molar-refractivity contribution in [3.63, 3.8) is 0 Å². The molecule has 2 fully saturated rings. The predicted molar refractivity (Wildman–Crippen MR) is 96.6 cm³/mol. The minimum atomic E-state index is -3.44. The van der Waals surface area contributed by atoms with Gasteiger partial charge in [0.15, 0.2) is 0 Å². The average Bonchev–Trinajstić information content (AvgIpc) is 3.15. The lowest BCUT2D eigenvalue weighted by Crippen LogP contribution is -2.55. The number of carbonyl (C=O) groups excluding carboxylic acids is 1. The van der Waals surface area contributed by atoms with E-state index in [4.69, 9.17) is 0 Å². The van der Waals surface area contributed by atoms with E-state index in [0.717, 1.165) is 12.8 Å². The highest BCUT2D eigenvalue weighted by Gasteiger charge is 2.32. The molecule has 0 radical (unpaired) electrons. The Labute approximate surface area is 150 Å². The molecule has 2 aliphatic rings. The van der Waals surface area contributed by atoms with Crippen LogP contribution in [-0.2, 0) is 14.8 Å². The van der Waals surface area contributed by atoms with E-state index in [-0.39, 0.29) is 11.9 Å². The summed E-state index contributed by atoms with van der Waals surface area (Å²) in [5.74, 6) is 0.0614. The first kappa shape index (κ1) is 18.4. The van der Waals surface area contributed by atoms with Gasteiger partial charge >= 0.3 is 0 Å². The van der Waals surface area contributed by atoms with Gasteiger partial charge < -0.3 is 5.32 Å². The first-order valence-corrected chi connectivity index (χ1v) is 10.5. The van der Waals surface area contributed by atoms with E-state index >= 15 is 0 Å². The molecule has 1 aliphatic carbocycles. The summed E-state index contributed by atoms with van der Waals surface area (Å²) in [6.07, 6.45) is 4.52. The second kappa shape index (κ2) is 7.85. The molecule has 0 aromatic heterocycles. The highest BCUT2D eigenvalue weighted by Crippen LogP contribution is 2.20. The van der Waals surface area contributed by atoms with Gasteiger partial charge in [0.25, 0.3) is 0 Å². The zero-order valence-electron chi connectivity index (χ0n) is 14.7. The molecule has 1 atom stereocenters. The lowest BCUT2D eigenvalue weighted by molar-refractivity contribution is -0.127. The largest absolute Gasteiger partial charge is 0.352 e. The van der Waals surface area contributed by atoms with E-state index in [1.807, 2.05) is 13.0 Å². The van der Waals surface area contributed by atoms with Crippen molar-refractivity contribution in [2.45, 2.75) is 49.6 Å². The third-order valence-corrected chi connectivity index (χ3v) is 7.20. The summed E-state index contributed by atoms with van der Waals surface area (Å²) in [6, 6.07) is 8.62. The van der Waals surface area contributed by atoms with E-state index in [9.17, 15) is 13.2 Å². The van der Waals surface area contributed by atoms with E-state index in [0.29, 0.717) is 37.1 Å². The van der Waals surface area contributed by atoms with Crippen LogP contribution in [0.25, 0.3) is 0 Å². The van der Waals surface area contributed by atoms with Crippen molar-refractivity contribution < 1.29 is 13.2 Å². The van der Waals surface area contributed by atoms with Crippen molar-refractivity contribution in [1.82, 2.24) is 14.5 Å². The molecule has 1 unspecified atom stereocenters. The topological polar surface area (TPSA) is 69.7 Å². The quantitative estimate of drug-likeness (QED) is 0.857. The highest BCUT2D eigenvalue weighted by molar-refractivity contribution is 7.89. The number of carbonyl (C=O) groups is 1. The Kier molecular flexibility index (Phi) is 5.76. The van der Waals surface area contributed by atoms with Gasteiger partial charge in [-0.15, -0.1) is 0 Å². The fraction of sp³-hybridized carbons (Fsp3) is 0.611. The molecule has 1 aliphatic heterocycles. The van der Waals surface area contributed by atoms with Crippen molar-refractivity contribution in [3.05, 3.63) is 30.3 Å². The number of hydrogen-bond donors (Lipinski definition) is 1. The van der Waals surface area contributed by atoms with Gasteiger partial charge in [-0.25, -0.2) is 8.42 Å². The summed E-state index contributed by atoms with van der Waals surface area (Å²) >= 11 is 0. The SMILES string of the molecule is CC(C(=O)NC1CCCC1)N1CCN(S(=O)(=O)c2ccccc2)CC1. The van der Waals surface area contributed by atoms with Gasteiger partial charge in [0.05, 0.1) is 10.9 Å². The number of amides is 1. The van der Waals surface area contributed by atoms with Crippen LogP contribution >= 0.6 is 0 Å². The zero-order valence-corrected chi connectivity index (χ0v) is 15.5. The molecule has 7 heteroatoms. The normalized spacial score (nSPS) is 22.0. The second-order valence-electron chi connectivity index (χ2n) is 6.92. The number of nitrogens with one attached hydrogen (secondary N) is 1. The number of benzene rings is 1. The molecule has 0 spiro atoms. The highest BCUT2D eigenvalue weighted by atomic mass is 32.2. The lowest BCUT2D eigenvalue weighted by Gasteiger charge is -2.37. The van der Waals surface area contributed by atoms with Crippen LogP contribution in [0.3, 0.4) is 0 Å². The van der Waals surface area contributed by atoms with Gasteiger partial charge in [-0.1, -0.05) is 31.0 Å². The van der Waals surface area contributed by atoms with E-state index in [2.05, 4.69) is 10.2 Å². The predicted octanol–water partition coefficient (Wildman–Crippen LogP) is 1.44. The van der Waals surface area contributed by atoms with Crippen molar-refractivity contribution in [2.24, 2.45) is 0 Å². The summed E-state index contributed by atoms with van der Waals surface area (Å²) in [7, 11) is -3.44. The molecule has 1 saturated carbocycles. The van der Waals surface area contributed by atoms with Crippen LogP contribution < -0.4 is 5.32 Å². The summed E-state index contributed by atoms with van der Waals surface area (Å²) in [5.41, 5.74) is 0. The molecule has 25 heavy (non-hydrogen) atoms. The third kappa shape index (κ3) is 4.22. The summed E-state index contributed by atoms with van der Waals surface area (Å²) < 4.78 is 26.8. The van der Waals surface area contributed by atoms with Gasteiger partial charge in [-0.05, 0) is 31.9 Å². The molecule has 0 bridgehead atoms. The van der Waals surface area contributed by atoms with Gasteiger partial charge in [-0.3, -0.25) is 9.69 Å². The van der Waals surface area contributed by atoms with Gasteiger partial charge in [0, 0.05) is 32.2 Å². The average molecular weight is 365 g/mol. The van der Waals surface area contributed by atoms with Crippen LogP contribution in [0.2, 0.25) is 0 Å². The number of piperazine rings is 1. The number of nitrogens with zero attached hydrogens (tertiary/aromatic N) is 2. The Balaban J connectivity index is 1.55. The molecule has 1 aromatic carbocycles. The number of rotatable bonds is 5. The Bertz CT molecular complexity index is 679. The third-order valence-electron chi connectivity index (χ3n) is 5.28. The first-order chi connectivity index (χ1) is 12.0. The Morgan fingerprint density at radius 3 is 2.28 bits per heavy atom. The summed E-state index contributed by atoms with van der Waals surface area (Å²) in [5, 5.41) is 3.13. The molecule has 1 saturated heterocycles. The molecule has 1 aromatic rings. The first-order valence-electron chi connectivity index (χ1n) is 9.08. The smallest absolute Gasteiger partial charge is 0.243 e. The molecular formula is C18H27N3O3S. The van der Waals surface area contributed by atoms with Crippen LogP contribution in [0, 0.1) is 0 Å². The van der Waals surface area contributed by atoms with Crippen LogP contribution in [0.15, 0.2) is 35.2 Å². The van der Waals surface area contributed by atoms with Crippen LogP contribution in [0.1, 0.15) is 32.6 Å². The fourth-order valence-corrected chi connectivity index (χ4v) is 5.07. The monoisotopic (exact) mass is 365 g/mol. The second-order valence-corrected chi connectivity index (χ2v) is 8.86. The minimum Gasteiger partial charge on any atom is -0.352 e. The van der Waals surface area contributed by atoms with Gasteiger partial charge in [0.2, 0.25) is 15.9 Å². The molecule has 1 amide bonds. The minimum absolute atomic E-state index is 0.0614. The van der Waals surface area contributed by atoms with Crippen LogP contribution in [-0.4, -0.2) is 61.8 Å². The van der Waals surface area contributed by atoms with Crippen LogP contribution in [0.5, 0.6) is 0 Å². The zero-order chi connectivity index (χ0) is 17.9. The lowest BCUT2D eigenvalue weighted by atomic mass is 10.2. The van der Waals surface area contributed by atoms with E-state index in [1.165, 1.54) is 17.1 Å². The molecule has 138 valence electrons. The van der Waals surface area contributed by atoms with E-state index in [1.54, 1.807) is 24.3 Å². The maximum absolute atomic E-state index is 12.7.